The first-order valence-corrected chi connectivity index (χ1v) is 6.96. The third-order valence-corrected chi connectivity index (χ3v) is 3.71. The van der Waals surface area contributed by atoms with E-state index in [1.807, 2.05) is 0 Å². The molecule has 1 aromatic carbocycles. The van der Waals surface area contributed by atoms with Crippen LogP contribution in [0.2, 0.25) is 0 Å². The number of nitrogens with two attached hydrogens (primary N) is 1. The van der Waals surface area contributed by atoms with Crippen molar-refractivity contribution in [2.24, 2.45) is 11.7 Å². The summed E-state index contributed by atoms with van der Waals surface area (Å²) in [6, 6.07) is 6.76. The van der Waals surface area contributed by atoms with E-state index < -0.39 is 0 Å². The van der Waals surface area contributed by atoms with E-state index in [-0.39, 0.29) is 6.04 Å². The Morgan fingerprint density at radius 3 is 2.26 bits per heavy atom. The van der Waals surface area contributed by atoms with E-state index in [1.54, 1.807) is 7.11 Å². The van der Waals surface area contributed by atoms with Gasteiger partial charge in [-0.25, -0.2) is 0 Å². The molecular weight excluding hydrogens is 236 g/mol. The van der Waals surface area contributed by atoms with Crippen molar-refractivity contribution in [3.63, 3.8) is 0 Å². The maximum Gasteiger partial charge on any atom is 0.123 e. The zero-order valence-corrected chi connectivity index (χ0v) is 13.1. The van der Waals surface area contributed by atoms with Crippen molar-refractivity contribution in [2.45, 2.75) is 32.7 Å². The van der Waals surface area contributed by atoms with Gasteiger partial charge in [-0.3, -0.25) is 0 Å². The molecule has 0 saturated heterocycles. The average Bonchev–Trinajstić information content (AvgIpc) is 2.38. The topological polar surface area (TPSA) is 38.5 Å². The minimum absolute atomic E-state index is 0.277. The van der Waals surface area contributed by atoms with Crippen LogP contribution in [0.3, 0.4) is 0 Å². The fraction of sp³-hybridized carbons (Fsp3) is 0.625. The van der Waals surface area contributed by atoms with E-state index in [9.17, 15) is 0 Å². The molecule has 0 amide bonds. The zero-order valence-electron chi connectivity index (χ0n) is 13.1. The van der Waals surface area contributed by atoms with Crippen LogP contribution in [0, 0.1) is 5.92 Å². The molecule has 2 N–H and O–H groups in total. The zero-order chi connectivity index (χ0) is 14.6. The third-order valence-electron chi connectivity index (χ3n) is 3.71. The molecular formula is C16H28N2O. The lowest BCUT2D eigenvalue weighted by molar-refractivity contribution is 0.221. The van der Waals surface area contributed by atoms with Crippen LogP contribution in [0.15, 0.2) is 18.2 Å². The molecule has 108 valence electrons. The van der Waals surface area contributed by atoms with Crippen molar-refractivity contribution in [3.8, 4) is 5.75 Å². The molecule has 1 rings (SSSR count). The predicted molar refractivity (Wildman–Crippen MR) is 81.7 cm³/mol. The van der Waals surface area contributed by atoms with Crippen LogP contribution < -0.4 is 10.5 Å². The van der Waals surface area contributed by atoms with Crippen molar-refractivity contribution >= 4 is 0 Å². The van der Waals surface area contributed by atoms with Crippen molar-refractivity contribution in [1.29, 1.82) is 0 Å². The van der Waals surface area contributed by atoms with Crippen LogP contribution in [0.4, 0.5) is 0 Å². The predicted octanol–water partition coefficient (Wildman–Crippen LogP) is 3.02. The molecule has 3 heteroatoms. The van der Waals surface area contributed by atoms with Crippen LogP contribution in [-0.4, -0.2) is 32.6 Å². The molecule has 19 heavy (non-hydrogen) atoms. The van der Waals surface area contributed by atoms with Gasteiger partial charge in [-0.15, -0.1) is 0 Å². The molecule has 0 bridgehead atoms. The number of nitrogens with zero attached hydrogens (tertiary/aromatic N) is 1. The molecule has 1 aromatic rings. The number of hydrogen-bond donors (Lipinski definition) is 1. The minimum atomic E-state index is 0.277. The Kier molecular flexibility index (Phi) is 5.83. The van der Waals surface area contributed by atoms with Gasteiger partial charge in [-0.1, -0.05) is 32.9 Å². The summed E-state index contributed by atoms with van der Waals surface area (Å²) in [5.41, 5.74) is 8.44. The Bertz CT molecular complexity index is 402. The van der Waals surface area contributed by atoms with E-state index in [2.05, 4.69) is 58.0 Å². The van der Waals surface area contributed by atoms with E-state index in [0.717, 1.165) is 5.75 Å². The van der Waals surface area contributed by atoms with Crippen molar-refractivity contribution in [3.05, 3.63) is 29.3 Å². The Hall–Kier alpha value is -1.06. The molecule has 3 nitrogen and oxygen atoms in total. The molecule has 0 fully saturated rings. The van der Waals surface area contributed by atoms with Gasteiger partial charge in [-0.05, 0) is 44.1 Å². The molecule has 0 aliphatic rings. The summed E-state index contributed by atoms with van der Waals surface area (Å²) in [6.07, 6.45) is 0. The van der Waals surface area contributed by atoms with E-state index in [1.165, 1.54) is 11.1 Å². The summed E-state index contributed by atoms with van der Waals surface area (Å²) in [7, 11) is 5.92. The molecule has 0 aliphatic heterocycles. The molecule has 2 atom stereocenters. The van der Waals surface area contributed by atoms with E-state index >= 15 is 0 Å². The first-order chi connectivity index (χ1) is 8.92. The fourth-order valence-corrected chi connectivity index (χ4v) is 2.57. The van der Waals surface area contributed by atoms with Crippen LogP contribution in [0.25, 0.3) is 0 Å². The monoisotopic (exact) mass is 264 g/mol. The maximum atomic E-state index is 5.87. The Labute approximate surface area is 117 Å². The highest BCUT2D eigenvalue weighted by Crippen LogP contribution is 2.35. The lowest BCUT2D eigenvalue weighted by Crippen LogP contribution is -2.30. The van der Waals surface area contributed by atoms with Gasteiger partial charge in [0.05, 0.1) is 7.11 Å². The van der Waals surface area contributed by atoms with Crippen LogP contribution >= 0.6 is 0 Å². The normalized spacial score (nSPS) is 14.8. The van der Waals surface area contributed by atoms with Gasteiger partial charge in [0.2, 0.25) is 0 Å². The molecule has 0 spiro atoms. The second-order valence-electron chi connectivity index (χ2n) is 5.78. The van der Waals surface area contributed by atoms with Crippen LogP contribution in [-0.2, 0) is 0 Å². The minimum Gasteiger partial charge on any atom is -0.496 e. The van der Waals surface area contributed by atoms with Crippen molar-refractivity contribution in [2.75, 3.05) is 27.7 Å². The number of hydrogen-bond acceptors (Lipinski definition) is 3. The highest BCUT2D eigenvalue weighted by Gasteiger charge is 2.24. The van der Waals surface area contributed by atoms with Gasteiger partial charge in [0, 0.05) is 11.6 Å². The number of methoxy groups -OCH3 is 1. The highest BCUT2D eigenvalue weighted by atomic mass is 16.5. The first-order valence-electron chi connectivity index (χ1n) is 6.96. The molecule has 0 aliphatic carbocycles. The summed E-state index contributed by atoms with van der Waals surface area (Å²) in [4.78, 5) is 2.22. The summed E-state index contributed by atoms with van der Waals surface area (Å²) >= 11 is 0. The highest BCUT2D eigenvalue weighted by molar-refractivity contribution is 5.41. The summed E-state index contributed by atoms with van der Waals surface area (Å²) in [5.74, 6) is 1.84. The standard InChI is InChI=1S/C16H28N2O/c1-11(2)13-7-8-15(19-6)14(9-13)16(18(4)5)12(3)10-17/h7-9,11-12,16H,10,17H2,1-6H3. The third kappa shape index (κ3) is 3.71. The van der Waals surface area contributed by atoms with Crippen molar-refractivity contribution < 1.29 is 4.74 Å². The summed E-state index contributed by atoms with van der Waals surface area (Å²) < 4.78 is 5.54. The first kappa shape index (κ1) is 16.0. The van der Waals surface area contributed by atoms with E-state index in [4.69, 9.17) is 10.5 Å². The fourth-order valence-electron chi connectivity index (χ4n) is 2.57. The van der Waals surface area contributed by atoms with Crippen molar-refractivity contribution in [1.82, 2.24) is 4.90 Å². The van der Waals surface area contributed by atoms with Crippen LogP contribution in [0.5, 0.6) is 5.75 Å². The molecule has 2 unspecified atom stereocenters. The van der Waals surface area contributed by atoms with E-state index in [0.29, 0.717) is 18.4 Å². The second-order valence-corrected chi connectivity index (χ2v) is 5.78. The maximum absolute atomic E-state index is 5.87. The van der Waals surface area contributed by atoms with Gasteiger partial charge >= 0.3 is 0 Å². The van der Waals surface area contributed by atoms with Gasteiger partial charge in [0.1, 0.15) is 5.75 Å². The number of rotatable bonds is 6. The Morgan fingerprint density at radius 2 is 1.84 bits per heavy atom. The lowest BCUT2D eigenvalue weighted by Gasteiger charge is -2.31. The lowest BCUT2D eigenvalue weighted by atomic mass is 9.90. The Morgan fingerprint density at radius 1 is 1.21 bits per heavy atom. The van der Waals surface area contributed by atoms with Crippen LogP contribution in [0.1, 0.15) is 43.9 Å². The smallest absolute Gasteiger partial charge is 0.123 e. The van der Waals surface area contributed by atoms with Gasteiger partial charge < -0.3 is 15.4 Å². The van der Waals surface area contributed by atoms with Gasteiger partial charge in [-0.2, -0.15) is 0 Å². The quantitative estimate of drug-likeness (QED) is 0.858. The summed E-state index contributed by atoms with van der Waals surface area (Å²) in [6.45, 7) is 7.27. The van der Waals surface area contributed by atoms with Gasteiger partial charge in [0.25, 0.3) is 0 Å². The molecule has 0 aromatic heterocycles. The molecule has 0 heterocycles. The Balaban J connectivity index is 3.29. The summed E-state index contributed by atoms with van der Waals surface area (Å²) in [5, 5.41) is 0. The average molecular weight is 264 g/mol. The largest absolute Gasteiger partial charge is 0.496 e. The number of benzene rings is 1. The second kappa shape index (κ2) is 6.92. The number of ether oxygens (including phenoxy) is 1. The molecule has 0 radical (unpaired) electrons. The van der Waals surface area contributed by atoms with Gasteiger partial charge in [0.15, 0.2) is 0 Å². The SMILES string of the molecule is COc1ccc(C(C)C)cc1C(C(C)CN)N(C)C. The molecule has 0 saturated carbocycles.